The maximum atomic E-state index is 11.6. The molecule has 0 spiro atoms. The quantitative estimate of drug-likeness (QED) is 0.647. The standard InChI is InChI=1S/C16H25NO3/c1-2-3-4-5-6-10-17-16(19)13-20-15-9-7-8-14(11-15)12-18/h7-9,11,18H,2-6,10,12-13H2,1H3,(H,17,19). The molecule has 0 aromatic heterocycles. The van der Waals surface area contributed by atoms with Crippen LogP contribution in [0.5, 0.6) is 5.75 Å². The predicted octanol–water partition coefficient (Wildman–Crippen LogP) is 2.64. The molecule has 0 saturated carbocycles. The maximum Gasteiger partial charge on any atom is 0.257 e. The van der Waals surface area contributed by atoms with Gasteiger partial charge in [0.1, 0.15) is 5.75 Å². The number of carbonyl (C=O) groups is 1. The highest BCUT2D eigenvalue weighted by Crippen LogP contribution is 2.12. The second-order valence-corrected chi connectivity index (χ2v) is 4.86. The molecule has 1 rings (SSSR count). The lowest BCUT2D eigenvalue weighted by molar-refractivity contribution is -0.123. The number of rotatable bonds is 10. The van der Waals surface area contributed by atoms with Crippen molar-refractivity contribution in [3.8, 4) is 5.75 Å². The zero-order chi connectivity index (χ0) is 14.6. The molecule has 4 heteroatoms. The Bertz CT molecular complexity index is 393. The van der Waals surface area contributed by atoms with Gasteiger partial charge in [-0.2, -0.15) is 0 Å². The number of nitrogens with one attached hydrogen (secondary N) is 1. The number of carbonyl (C=O) groups excluding carboxylic acids is 1. The number of aliphatic hydroxyl groups excluding tert-OH is 1. The molecule has 0 heterocycles. The number of amides is 1. The van der Waals surface area contributed by atoms with Crippen molar-refractivity contribution in [1.82, 2.24) is 5.32 Å². The number of unbranched alkanes of at least 4 members (excludes halogenated alkanes) is 4. The van der Waals surface area contributed by atoms with Crippen LogP contribution in [0.25, 0.3) is 0 Å². The van der Waals surface area contributed by atoms with Gasteiger partial charge < -0.3 is 15.2 Å². The lowest BCUT2D eigenvalue weighted by Gasteiger charge is -2.08. The second-order valence-electron chi connectivity index (χ2n) is 4.86. The third-order valence-corrected chi connectivity index (χ3v) is 3.05. The van der Waals surface area contributed by atoms with Gasteiger partial charge in [-0.05, 0) is 24.1 Å². The van der Waals surface area contributed by atoms with Gasteiger partial charge in [0.05, 0.1) is 6.61 Å². The van der Waals surface area contributed by atoms with Crippen LogP contribution in [-0.2, 0) is 11.4 Å². The van der Waals surface area contributed by atoms with E-state index in [4.69, 9.17) is 9.84 Å². The van der Waals surface area contributed by atoms with Crippen LogP contribution in [0.15, 0.2) is 24.3 Å². The Morgan fingerprint density at radius 3 is 2.80 bits per heavy atom. The Morgan fingerprint density at radius 2 is 2.05 bits per heavy atom. The molecule has 2 N–H and O–H groups in total. The van der Waals surface area contributed by atoms with Crippen LogP contribution in [0.4, 0.5) is 0 Å². The van der Waals surface area contributed by atoms with Gasteiger partial charge in [-0.1, -0.05) is 44.7 Å². The Balaban J connectivity index is 2.13. The van der Waals surface area contributed by atoms with E-state index in [0.717, 1.165) is 18.4 Å². The fraction of sp³-hybridized carbons (Fsp3) is 0.562. The minimum atomic E-state index is -0.102. The largest absolute Gasteiger partial charge is 0.484 e. The lowest BCUT2D eigenvalue weighted by Crippen LogP contribution is -2.29. The van der Waals surface area contributed by atoms with E-state index in [2.05, 4.69) is 12.2 Å². The van der Waals surface area contributed by atoms with Crippen molar-refractivity contribution in [2.45, 2.75) is 45.6 Å². The highest BCUT2D eigenvalue weighted by atomic mass is 16.5. The van der Waals surface area contributed by atoms with E-state index in [1.165, 1.54) is 19.3 Å². The van der Waals surface area contributed by atoms with Crippen LogP contribution in [-0.4, -0.2) is 24.2 Å². The number of aliphatic hydroxyl groups is 1. The number of ether oxygens (including phenoxy) is 1. The molecule has 0 aliphatic heterocycles. The second kappa shape index (κ2) is 10.3. The van der Waals surface area contributed by atoms with Crippen LogP contribution in [0.3, 0.4) is 0 Å². The highest BCUT2D eigenvalue weighted by molar-refractivity contribution is 5.77. The van der Waals surface area contributed by atoms with Crippen molar-refractivity contribution >= 4 is 5.91 Å². The van der Waals surface area contributed by atoms with E-state index in [-0.39, 0.29) is 19.1 Å². The summed E-state index contributed by atoms with van der Waals surface area (Å²) >= 11 is 0. The SMILES string of the molecule is CCCCCCCNC(=O)COc1cccc(CO)c1. The average molecular weight is 279 g/mol. The summed E-state index contributed by atoms with van der Waals surface area (Å²) in [5, 5.41) is 11.9. The lowest BCUT2D eigenvalue weighted by atomic mass is 10.1. The van der Waals surface area contributed by atoms with Crippen molar-refractivity contribution < 1.29 is 14.6 Å². The van der Waals surface area contributed by atoms with E-state index in [1.54, 1.807) is 18.2 Å². The summed E-state index contributed by atoms with van der Waals surface area (Å²) < 4.78 is 5.38. The molecule has 1 aromatic rings. The van der Waals surface area contributed by atoms with Crippen LogP contribution in [0.1, 0.15) is 44.6 Å². The van der Waals surface area contributed by atoms with Gasteiger partial charge >= 0.3 is 0 Å². The normalized spacial score (nSPS) is 10.3. The molecule has 112 valence electrons. The smallest absolute Gasteiger partial charge is 0.257 e. The van der Waals surface area contributed by atoms with Crippen molar-refractivity contribution in [3.63, 3.8) is 0 Å². The summed E-state index contributed by atoms with van der Waals surface area (Å²) in [6.45, 7) is 2.89. The zero-order valence-electron chi connectivity index (χ0n) is 12.2. The average Bonchev–Trinajstić information content (AvgIpc) is 2.49. The molecule has 1 amide bonds. The molecular weight excluding hydrogens is 254 g/mol. The van der Waals surface area contributed by atoms with Gasteiger partial charge in [-0.25, -0.2) is 0 Å². The number of benzene rings is 1. The van der Waals surface area contributed by atoms with E-state index in [0.29, 0.717) is 12.3 Å². The fourth-order valence-corrected chi connectivity index (χ4v) is 1.89. The molecule has 0 aliphatic carbocycles. The molecule has 0 fully saturated rings. The van der Waals surface area contributed by atoms with E-state index in [9.17, 15) is 4.79 Å². The maximum absolute atomic E-state index is 11.6. The Morgan fingerprint density at radius 1 is 1.25 bits per heavy atom. The molecule has 0 saturated heterocycles. The van der Waals surface area contributed by atoms with Gasteiger partial charge in [0.2, 0.25) is 0 Å². The van der Waals surface area contributed by atoms with E-state index in [1.807, 2.05) is 6.07 Å². The summed E-state index contributed by atoms with van der Waals surface area (Å²) in [4.78, 5) is 11.6. The summed E-state index contributed by atoms with van der Waals surface area (Å²) in [5.41, 5.74) is 0.777. The summed E-state index contributed by atoms with van der Waals surface area (Å²) in [7, 11) is 0. The Kier molecular flexibility index (Phi) is 8.47. The van der Waals surface area contributed by atoms with Gasteiger partial charge in [0.15, 0.2) is 6.61 Å². The first-order chi connectivity index (χ1) is 9.76. The zero-order valence-corrected chi connectivity index (χ0v) is 12.2. The predicted molar refractivity (Wildman–Crippen MR) is 79.6 cm³/mol. The third kappa shape index (κ3) is 7.14. The molecule has 4 nitrogen and oxygen atoms in total. The topological polar surface area (TPSA) is 58.6 Å². The summed E-state index contributed by atoms with van der Waals surface area (Å²) in [6.07, 6.45) is 5.90. The molecule has 0 aliphatic rings. The van der Waals surface area contributed by atoms with Crippen molar-refractivity contribution in [3.05, 3.63) is 29.8 Å². The molecule has 0 bridgehead atoms. The van der Waals surface area contributed by atoms with Crippen molar-refractivity contribution in [2.75, 3.05) is 13.2 Å². The van der Waals surface area contributed by atoms with Crippen LogP contribution >= 0.6 is 0 Å². The first-order valence-electron chi connectivity index (χ1n) is 7.35. The first kappa shape index (κ1) is 16.5. The first-order valence-corrected chi connectivity index (χ1v) is 7.35. The van der Waals surface area contributed by atoms with Crippen LogP contribution < -0.4 is 10.1 Å². The minimum absolute atomic E-state index is 0.0177. The molecule has 0 radical (unpaired) electrons. The van der Waals surface area contributed by atoms with E-state index < -0.39 is 0 Å². The molecule has 0 unspecified atom stereocenters. The molecule has 0 atom stereocenters. The van der Waals surface area contributed by atoms with Gasteiger partial charge in [-0.3, -0.25) is 4.79 Å². The molecule has 20 heavy (non-hydrogen) atoms. The number of hydrogen-bond donors (Lipinski definition) is 2. The highest BCUT2D eigenvalue weighted by Gasteiger charge is 2.02. The number of hydrogen-bond acceptors (Lipinski definition) is 3. The molecular formula is C16H25NO3. The van der Waals surface area contributed by atoms with Gasteiger partial charge in [0, 0.05) is 6.54 Å². The minimum Gasteiger partial charge on any atom is -0.484 e. The fourth-order valence-electron chi connectivity index (χ4n) is 1.89. The monoisotopic (exact) mass is 279 g/mol. The van der Waals surface area contributed by atoms with Crippen molar-refractivity contribution in [1.29, 1.82) is 0 Å². The third-order valence-electron chi connectivity index (χ3n) is 3.05. The van der Waals surface area contributed by atoms with Crippen LogP contribution in [0.2, 0.25) is 0 Å². The van der Waals surface area contributed by atoms with Crippen LogP contribution in [0, 0.1) is 0 Å². The van der Waals surface area contributed by atoms with E-state index >= 15 is 0 Å². The summed E-state index contributed by atoms with van der Waals surface area (Å²) in [5.74, 6) is 0.504. The Hall–Kier alpha value is -1.55. The van der Waals surface area contributed by atoms with Crippen molar-refractivity contribution in [2.24, 2.45) is 0 Å². The summed E-state index contributed by atoms with van der Waals surface area (Å²) in [6, 6.07) is 7.12. The van der Waals surface area contributed by atoms with Gasteiger partial charge in [-0.15, -0.1) is 0 Å². The van der Waals surface area contributed by atoms with Gasteiger partial charge in [0.25, 0.3) is 5.91 Å². The molecule has 1 aromatic carbocycles. The Labute approximate surface area is 121 Å².